The fourth-order valence-electron chi connectivity index (χ4n) is 2.63. The molecule has 0 amide bonds. The molecule has 3 atom stereocenters. The lowest BCUT2D eigenvalue weighted by atomic mass is 9.98. The maximum Gasteiger partial charge on any atom is 0.307 e. The quantitative estimate of drug-likeness (QED) is 0.721. The molecule has 0 aromatic carbocycles. The Hall–Kier alpha value is -0.690. The third-order valence-electron chi connectivity index (χ3n) is 3.85. The van der Waals surface area contributed by atoms with Crippen molar-refractivity contribution >= 4 is 5.97 Å². The number of piperidine rings is 1. The van der Waals surface area contributed by atoms with Gasteiger partial charge in [-0.15, -0.1) is 0 Å². The van der Waals surface area contributed by atoms with Gasteiger partial charge in [0.1, 0.15) is 0 Å². The van der Waals surface area contributed by atoms with Gasteiger partial charge in [0, 0.05) is 26.2 Å². The van der Waals surface area contributed by atoms with Gasteiger partial charge in [-0.3, -0.25) is 9.69 Å². The first kappa shape index (κ1) is 14.7. The lowest BCUT2D eigenvalue weighted by molar-refractivity contribution is -0.145. The van der Waals surface area contributed by atoms with E-state index in [4.69, 9.17) is 14.6 Å². The SMILES string of the molecule is CCN1CCOC(COC2CNCC(C(=O)O)C2)C1. The molecule has 0 aromatic heterocycles. The minimum absolute atomic E-state index is 0.0181. The average molecular weight is 272 g/mol. The molecule has 110 valence electrons. The van der Waals surface area contributed by atoms with E-state index < -0.39 is 5.97 Å². The molecule has 0 aliphatic carbocycles. The maximum atomic E-state index is 11.0. The molecule has 0 spiro atoms. The second kappa shape index (κ2) is 7.19. The summed E-state index contributed by atoms with van der Waals surface area (Å²) in [5.74, 6) is -1.08. The Bertz CT molecular complexity index is 300. The van der Waals surface area contributed by atoms with Gasteiger partial charge in [0.25, 0.3) is 0 Å². The largest absolute Gasteiger partial charge is 0.481 e. The van der Waals surface area contributed by atoms with E-state index in [2.05, 4.69) is 17.1 Å². The number of morpholine rings is 1. The molecule has 3 unspecified atom stereocenters. The van der Waals surface area contributed by atoms with Gasteiger partial charge >= 0.3 is 5.97 Å². The minimum Gasteiger partial charge on any atom is -0.481 e. The van der Waals surface area contributed by atoms with Gasteiger partial charge < -0.3 is 19.9 Å². The summed E-state index contributed by atoms with van der Waals surface area (Å²) in [7, 11) is 0. The van der Waals surface area contributed by atoms with Crippen LogP contribution < -0.4 is 5.32 Å². The monoisotopic (exact) mass is 272 g/mol. The fourth-order valence-corrected chi connectivity index (χ4v) is 2.63. The second-order valence-electron chi connectivity index (χ2n) is 5.27. The van der Waals surface area contributed by atoms with Crippen LogP contribution in [0.5, 0.6) is 0 Å². The molecule has 6 nitrogen and oxygen atoms in total. The third kappa shape index (κ3) is 4.42. The molecule has 2 saturated heterocycles. The number of carboxylic acid groups (broad SMARTS) is 1. The van der Waals surface area contributed by atoms with Crippen molar-refractivity contribution in [2.24, 2.45) is 5.92 Å². The number of nitrogens with one attached hydrogen (secondary N) is 1. The van der Waals surface area contributed by atoms with E-state index in [1.54, 1.807) is 0 Å². The van der Waals surface area contributed by atoms with Crippen molar-refractivity contribution in [1.82, 2.24) is 10.2 Å². The summed E-state index contributed by atoms with van der Waals surface area (Å²) >= 11 is 0. The van der Waals surface area contributed by atoms with Crippen LogP contribution in [0.4, 0.5) is 0 Å². The molecule has 0 saturated carbocycles. The lowest BCUT2D eigenvalue weighted by Gasteiger charge is -2.34. The molecule has 0 radical (unpaired) electrons. The van der Waals surface area contributed by atoms with Crippen LogP contribution in [0.2, 0.25) is 0 Å². The number of hydrogen-bond donors (Lipinski definition) is 2. The zero-order chi connectivity index (χ0) is 13.7. The van der Waals surface area contributed by atoms with Crippen molar-refractivity contribution < 1.29 is 19.4 Å². The predicted octanol–water partition coefficient (Wildman–Crippen LogP) is -0.214. The van der Waals surface area contributed by atoms with Crippen LogP contribution in [0.3, 0.4) is 0 Å². The Morgan fingerprint density at radius 1 is 1.53 bits per heavy atom. The topological polar surface area (TPSA) is 71.0 Å². The van der Waals surface area contributed by atoms with Gasteiger partial charge in [0.2, 0.25) is 0 Å². The standard InChI is InChI=1S/C13H24N2O4/c1-2-15-3-4-18-12(8-15)9-19-11-5-10(13(16)17)6-14-7-11/h10-12,14H,2-9H2,1H3,(H,16,17). The zero-order valence-corrected chi connectivity index (χ0v) is 11.5. The summed E-state index contributed by atoms with van der Waals surface area (Å²) in [5.41, 5.74) is 0. The van der Waals surface area contributed by atoms with Crippen LogP contribution in [-0.2, 0) is 14.3 Å². The molecule has 19 heavy (non-hydrogen) atoms. The number of ether oxygens (including phenoxy) is 2. The normalized spacial score (nSPS) is 33.2. The van der Waals surface area contributed by atoms with Crippen LogP contribution in [0.1, 0.15) is 13.3 Å². The second-order valence-corrected chi connectivity index (χ2v) is 5.27. The van der Waals surface area contributed by atoms with E-state index in [1.165, 1.54) is 0 Å². The lowest BCUT2D eigenvalue weighted by Crippen LogP contribution is -2.47. The molecule has 0 aromatic rings. The Morgan fingerprint density at radius 2 is 2.37 bits per heavy atom. The summed E-state index contributed by atoms with van der Waals surface area (Å²) in [4.78, 5) is 13.3. The first-order valence-corrected chi connectivity index (χ1v) is 7.08. The van der Waals surface area contributed by atoms with E-state index >= 15 is 0 Å². The highest BCUT2D eigenvalue weighted by Crippen LogP contribution is 2.15. The van der Waals surface area contributed by atoms with E-state index in [-0.39, 0.29) is 18.1 Å². The number of nitrogens with zero attached hydrogens (tertiary/aromatic N) is 1. The molecule has 2 aliphatic heterocycles. The number of carboxylic acids is 1. The van der Waals surface area contributed by atoms with Crippen LogP contribution in [0.15, 0.2) is 0 Å². The first-order chi connectivity index (χ1) is 9.19. The molecule has 2 heterocycles. The number of hydrogen-bond acceptors (Lipinski definition) is 5. The van der Waals surface area contributed by atoms with Gasteiger partial charge in [-0.05, 0) is 13.0 Å². The van der Waals surface area contributed by atoms with Gasteiger partial charge in [-0.2, -0.15) is 0 Å². The molecule has 2 rings (SSSR count). The Balaban J connectivity index is 1.71. The first-order valence-electron chi connectivity index (χ1n) is 7.08. The van der Waals surface area contributed by atoms with E-state index in [9.17, 15) is 4.79 Å². The zero-order valence-electron chi connectivity index (χ0n) is 11.5. The number of rotatable bonds is 5. The highest BCUT2D eigenvalue weighted by Gasteiger charge is 2.28. The minimum atomic E-state index is -0.744. The van der Waals surface area contributed by atoms with Crippen molar-refractivity contribution in [3.8, 4) is 0 Å². The molecular weight excluding hydrogens is 248 g/mol. The molecule has 6 heteroatoms. The number of carbonyl (C=O) groups is 1. The van der Waals surface area contributed by atoms with Gasteiger partial charge in [0.05, 0.1) is 31.3 Å². The van der Waals surface area contributed by atoms with Gasteiger partial charge in [0.15, 0.2) is 0 Å². The molecule has 0 bridgehead atoms. The van der Waals surface area contributed by atoms with Gasteiger partial charge in [-0.1, -0.05) is 6.92 Å². The van der Waals surface area contributed by atoms with Crippen molar-refractivity contribution in [2.75, 3.05) is 45.9 Å². The Labute approximate surface area is 114 Å². The Morgan fingerprint density at radius 3 is 3.11 bits per heavy atom. The summed E-state index contributed by atoms with van der Waals surface area (Å²) in [6, 6.07) is 0. The number of aliphatic carboxylic acids is 1. The highest BCUT2D eigenvalue weighted by atomic mass is 16.5. The maximum absolute atomic E-state index is 11.0. The molecule has 2 fully saturated rings. The fraction of sp³-hybridized carbons (Fsp3) is 0.923. The van der Waals surface area contributed by atoms with E-state index in [0.29, 0.717) is 19.6 Å². The van der Waals surface area contributed by atoms with Crippen molar-refractivity contribution in [2.45, 2.75) is 25.6 Å². The van der Waals surface area contributed by atoms with Crippen molar-refractivity contribution in [1.29, 1.82) is 0 Å². The van der Waals surface area contributed by atoms with Crippen molar-refractivity contribution in [3.63, 3.8) is 0 Å². The van der Waals surface area contributed by atoms with E-state index in [0.717, 1.165) is 32.8 Å². The third-order valence-corrected chi connectivity index (χ3v) is 3.85. The van der Waals surface area contributed by atoms with Gasteiger partial charge in [-0.25, -0.2) is 0 Å². The summed E-state index contributed by atoms with van der Waals surface area (Å²) < 4.78 is 11.5. The van der Waals surface area contributed by atoms with E-state index in [1.807, 2.05) is 0 Å². The summed E-state index contributed by atoms with van der Waals surface area (Å²) in [6.07, 6.45) is 0.682. The molecular formula is C13H24N2O4. The average Bonchev–Trinajstić information content (AvgIpc) is 2.45. The summed E-state index contributed by atoms with van der Waals surface area (Å²) in [6.45, 7) is 7.64. The smallest absolute Gasteiger partial charge is 0.307 e. The predicted molar refractivity (Wildman–Crippen MR) is 70.2 cm³/mol. The Kier molecular flexibility index (Phi) is 5.57. The van der Waals surface area contributed by atoms with Crippen LogP contribution in [0, 0.1) is 5.92 Å². The molecule has 2 aliphatic rings. The summed E-state index contributed by atoms with van der Waals surface area (Å²) in [5, 5.41) is 12.1. The highest BCUT2D eigenvalue weighted by molar-refractivity contribution is 5.70. The number of likely N-dealkylation sites (N-methyl/N-ethyl adjacent to an activating group) is 1. The molecule has 2 N–H and O–H groups in total. The van der Waals surface area contributed by atoms with Crippen molar-refractivity contribution in [3.05, 3.63) is 0 Å². The van der Waals surface area contributed by atoms with Crippen LogP contribution in [0.25, 0.3) is 0 Å². The van der Waals surface area contributed by atoms with Crippen LogP contribution in [-0.4, -0.2) is 74.1 Å². The van der Waals surface area contributed by atoms with Crippen LogP contribution >= 0.6 is 0 Å².